The molecular formula is C15H21NO3. The molecular weight excluding hydrogens is 242 g/mol. The van der Waals surface area contributed by atoms with Gasteiger partial charge >= 0.3 is 0 Å². The molecule has 0 aliphatic carbocycles. The van der Waals surface area contributed by atoms with Gasteiger partial charge in [-0.1, -0.05) is 0 Å². The Balaban J connectivity index is 1.66. The first kappa shape index (κ1) is 12.8. The van der Waals surface area contributed by atoms with Crippen molar-refractivity contribution in [2.75, 3.05) is 32.9 Å². The fraction of sp³-hybridized carbons (Fsp3) is 0.600. The minimum Gasteiger partial charge on any atom is -0.486 e. The first-order chi connectivity index (χ1) is 9.33. The lowest BCUT2D eigenvalue weighted by atomic mass is 10.0. The highest BCUT2D eigenvalue weighted by atomic mass is 16.6. The summed E-state index contributed by atoms with van der Waals surface area (Å²) in [6.07, 6.45) is 2.41. The van der Waals surface area contributed by atoms with E-state index in [4.69, 9.17) is 14.2 Å². The SMILES string of the molecule is Cc1cc2c(cc1CCC1CNCCO1)OCCO2. The fourth-order valence-corrected chi connectivity index (χ4v) is 2.62. The lowest BCUT2D eigenvalue weighted by Gasteiger charge is -2.24. The molecule has 0 amide bonds. The molecule has 2 aliphatic heterocycles. The minimum atomic E-state index is 0.335. The van der Waals surface area contributed by atoms with Gasteiger partial charge in [0.1, 0.15) is 13.2 Å². The van der Waals surface area contributed by atoms with Gasteiger partial charge in [0.25, 0.3) is 0 Å². The molecule has 2 heterocycles. The van der Waals surface area contributed by atoms with Crippen molar-refractivity contribution >= 4 is 0 Å². The number of aryl methyl sites for hydroxylation is 2. The van der Waals surface area contributed by atoms with Gasteiger partial charge in [-0.25, -0.2) is 0 Å². The standard InChI is InChI=1S/C15H21NO3/c1-11-8-14-15(19-7-6-18-14)9-12(11)2-3-13-10-16-4-5-17-13/h8-9,13,16H,2-7,10H2,1H3. The van der Waals surface area contributed by atoms with Crippen molar-refractivity contribution < 1.29 is 14.2 Å². The molecule has 0 spiro atoms. The monoisotopic (exact) mass is 263 g/mol. The number of nitrogens with one attached hydrogen (secondary N) is 1. The predicted octanol–water partition coefficient (Wildman–Crippen LogP) is 1.69. The molecule has 104 valence electrons. The molecule has 1 N–H and O–H groups in total. The van der Waals surface area contributed by atoms with Crippen LogP contribution in [0.5, 0.6) is 11.5 Å². The van der Waals surface area contributed by atoms with Crippen LogP contribution in [0.15, 0.2) is 12.1 Å². The lowest BCUT2D eigenvalue weighted by molar-refractivity contribution is 0.0238. The third-order valence-electron chi connectivity index (χ3n) is 3.74. The van der Waals surface area contributed by atoms with Crippen LogP contribution < -0.4 is 14.8 Å². The third-order valence-corrected chi connectivity index (χ3v) is 3.74. The van der Waals surface area contributed by atoms with Gasteiger partial charge in [0.15, 0.2) is 11.5 Å². The van der Waals surface area contributed by atoms with Gasteiger partial charge in [0.2, 0.25) is 0 Å². The van der Waals surface area contributed by atoms with Crippen molar-refractivity contribution in [3.63, 3.8) is 0 Å². The van der Waals surface area contributed by atoms with Crippen molar-refractivity contribution in [1.82, 2.24) is 5.32 Å². The number of benzene rings is 1. The summed E-state index contributed by atoms with van der Waals surface area (Å²) in [6.45, 7) is 6.18. The molecule has 4 heteroatoms. The second-order valence-electron chi connectivity index (χ2n) is 5.16. The Morgan fingerprint density at radius 3 is 2.68 bits per heavy atom. The van der Waals surface area contributed by atoms with E-state index >= 15 is 0 Å². The summed E-state index contributed by atoms with van der Waals surface area (Å²) in [7, 11) is 0. The van der Waals surface area contributed by atoms with E-state index in [1.165, 1.54) is 11.1 Å². The maximum atomic E-state index is 5.73. The smallest absolute Gasteiger partial charge is 0.161 e. The molecule has 2 aliphatic rings. The Morgan fingerprint density at radius 1 is 1.16 bits per heavy atom. The zero-order valence-corrected chi connectivity index (χ0v) is 11.4. The second-order valence-corrected chi connectivity index (χ2v) is 5.16. The van der Waals surface area contributed by atoms with Crippen LogP contribution in [-0.4, -0.2) is 39.0 Å². The number of fused-ring (bicyclic) bond motifs is 1. The summed E-state index contributed by atoms with van der Waals surface area (Å²) in [5, 5.41) is 3.37. The van der Waals surface area contributed by atoms with Gasteiger partial charge < -0.3 is 19.5 Å². The van der Waals surface area contributed by atoms with Crippen LogP contribution in [0.3, 0.4) is 0 Å². The van der Waals surface area contributed by atoms with Gasteiger partial charge in [-0.3, -0.25) is 0 Å². The number of hydrogen-bond donors (Lipinski definition) is 1. The van der Waals surface area contributed by atoms with Gasteiger partial charge in [-0.15, -0.1) is 0 Å². The van der Waals surface area contributed by atoms with Crippen LogP contribution in [0.2, 0.25) is 0 Å². The zero-order chi connectivity index (χ0) is 13.1. The van der Waals surface area contributed by atoms with Crippen molar-refractivity contribution in [2.24, 2.45) is 0 Å². The van der Waals surface area contributed by atoms with E-state index in [1.807, 2.05) is 0 Å². The molecule has 19 heavy (non-hydrogen) atoms. The molecule has 1 atom stereocenters. The van der Waals surface area contributed by atoms with Crippen LogP contribution in [0.1, 0.15) is 17.5 Å². The lowest BCUT2D eigenvalue weighted by Crippen LogP contribution is -2.38. The van der Waals surface area contributed by atoms with Crippen LogP contribution >= 0.6 is 0 Å². The van der Waals surface area contributed by atoms with E-state index in [1.54, 1.807) is 0 Å². The van der Waals surface area contributed by atoms with Crippen molar-refractivity contribution in [3.05, 3.63) is 23.3 Å². The van der Waals surface area contributed by atoms with E-state index < -0.39 is 0 Å². The normalized spacial score (nSPS) is 22.3. The van der Waals surface area contributed by atoms with E-state index in [2.05, 4.69) is 24.4 Å². The summed E-state index contributed by atoms with van der Waals surface area (Å²) >= 11 is 0. The summed E-state index contributed by atoms with van der Waals surface area (Å²) in [6, 6.07) is 4.21. The third kappa shape index (κ3) is 3.01. The average molecular weight is 263 g/mol. The Kier molecular flexibility index (Phi) is 3.89. The summed E-state index contributed by atoms with van der Waals surface area (Å²) < 4.78 is 17.0. The second kappa shape index (κ2) is 5.80. The zero-order valence-electron chi connectivity index (χ0n) is 11.4. The molecule has 1 unspecified atom stereocenters. The van der Waals surface area contributed by atoms with E-state index in [9.17, 15) is 0 Å². The molecule has 1 aromatic rings. The molecule has 0 aromatic heterocycles. The molecule has 1 aromatic carbocycles. The van der Waals surface area contributed by atoms with E-state index in [-0.39, 0.29) is 0 Å². The highest BCUT2D eigenvalue weighted by Gasteiger charge is 2.17. The molecule has 0 bridgehead atoms. The summed E-state index contributed by atoms with van der Waals surface area (Å²) in [4.78, 5) is 0. The highest BCUT2D eigenvalue weighted by Crippen LogP contribution is 2.33. The molecule has 3 rings (SSSR count). The molecule has 1 saturated heterocycles. The summed E-state index contributed by atoms with van der Waals surface area (Å²) in [5.74, 6) is 1.76. The van der Waals surface area contributed by atoms with E-state index in [0.717, 1.165) is 44.0 Å². The molecule has 0 saturated carbocycles. The Bertz CT molecular complexity index is 441. The van der Waals surface area contributed by atoms with Gasteiger partial charge in [0.05, 0.1) is 12.7 Å². The number of hydrogen-bond acceptors (Lipinski definition) is 4. The molecule has 4 nitrogen and oxygen atoms in total. The van der Waals surface area contributed by atoms with Crippen molar-refractivity contribution in [3.8, 4) is 11.5 Å². The fourth-order valence-electron chi connectivity index (χ4n) is 2.62. The van der Waals surface area contributed by atoms with Crippen molar-refractivity contribution in [1.29, 1.82) is 0 Å². The van der Waals surface area contributed by atoms with Crippen LogP contribution in [0.4, 0.5) is 0 Å². The van der Waals surface area contributed by atoms with E-state index in [0.29, 0.717) is 19.3 Å². The largest absolute Gasteiger partial charge is 0.486 e. The maximum Gasteiger partial charge on any atom is 0.161 e. The number of morpholine rings is 1. The van der Waals surface area contributed by atoms with Crippen LogP contribution in [-0.2, 0) is 11.2 Å². The first-order valence-electron chi connectivity index (χ1n) is 7.04. The number of rotatable bonds is 3. The average Bonchev–Trinajstić information content (AvgIpc) is 2.46. The summed E-state index contributed by atoms with van der Waals surface area (Å²) in [5.41, 5.74) is 2.60. The van der Waals surface area contributed by atoms with Crippen LogP contribution in [0, 0.1) is 6.92 Å². The molecule has 1 fully saturated rings. The quantitative estimate of drug-likeness (QED) is 0.901. The number of ether oxygens (including phenoxy) is 3. The Labute approximate surface area is 114 Å². The molecule has 0 radical (unpaired) electrons. The van der Waals surface area contributed by atoms with Crippen molar-refractivity contribution in [2.45, 2.75) is 25.9 Å². The Morgan fingerprint density at radius 2 is 1.95 bits per heavy atom. The maximum absolute atomic E-state index is 5.73. The topological polar surface area (TPSA) is 39.7 Å². The van der Waals surface area contributed by atoms with Gasteiger partial charge in [-0.05, 0) is 43.0 Å². The van der Waals surface area contributed by atoms with Gasteiger partial charge in [0, 0.05) is 13.1 Å². The minimum absolute atomic E-state index is 0.335. The van der Waals surface area contributed by atoms with Crippen LogP contribution in [0.25, 0.3) is 0 Å². The Hall–Kier alpha value is -1.26. The van der Waals surface area contributed by atoms with Gasteiger partial charge in [-0.2, -0.15) is 0 Å². The highest BCUT2D eigenvalue weighted by molar-refractivity contribution is 5.47. The first-order valence-corrected chi connectivity index (χ1v) is 7.04. The predicted molar refractivity (Wildman–Crippen MR) is 73.1 cm³/mol.